The lowest BCUT2D eigenvalue weighted by atomic mass is 9.79. The fraction of sp³-hybridized carbons (Fsp3) is 0.143. The average molecular weight is 758 g/mol. The molecule has 5 aromatic carbocycles. The summed E-state index contributed by atoms with van der Waals surface area (Å²) in [6.45, 7) is -2.08. The van der Waals surface area contributed by atoms with Crippen molar-refractivity contribution in [3.05, 3.63) is 166 Å². The Bertz CT molecular complexity index is 2210. The molecular formula is C42H36N3O9P. The molecule has 1 aliphatic rings. The third-order valence-electron chi connectivity index (χ3n) is 9.54. The third kappa shape index (κ3) is 7.37. The van der Waals surface area contributed by atoms with Gasteiger partial charge in [-0.25, -0.2) is 9.59 Å². The molecule has 2 amide bonds. The molecule has 0 bridgehead atoms. The predicted molar refractivity (Wildman–Crippen MR) is 208 cm³/mol. The quantitative estimate of drug-likeness (QED) is 0.0359. The molecule has 12 nitrogen and oxygen atoms in total. The van der Waals surface area contributed by atoms with Gasteiger partial charge in [-0.15, -0.1) is 0 Å². The summed E-state index contributed by atoms with van der Waals surface area (Å²) in [5.74, 6) is -4.80. The van der Waals surface area contributed by atoms with E-state index >= 15 is 4.79 Å². The molecule has 13 heteroatoms. The third-order valence-corrected chi connectivity index (χ3v) is 13.8. The minimum atomic E-state index is -3.51. The number of aliphatic hydroxyl groups excluding tert-OH is 1. The van der Waals surface area contributed by atoms with E-state index in [9.17, 15) is 34.4 Å². The number of β-lactam (4-membered cyclic amide) rings is 1. The van der Waals surface area contributed by atoms with Crippen molar-refractivity contribution >= 4 is 63.4 Å². The van der Waals surface area contributed by atoms with Crippen LogP contribution in [-0.2, 0) is 14.3 Å². The number of non-ortho nitro benzene ring substituents is 1. The van der Waals surface area contributed by atoms with Gasteiger partial charge in [0.2, 0.25) is 5.91 Å². The van der Waals surface area contributed by atoms with Gasteiger partial charge in [-0.3, -0.25) is 24.5 Å². The number of ketones is 1. The van der Waals surface area contributed by atoms with Crippen LogP contribution in [0.25, 0.3) is 0 Å². The van der Waals surface area contributed by atoms with Gasteiger partial charge in [0.1, 0.15) is 5.42 Å². The maximum atomic E-state index is 15.0. The number of carbonyl (C=O) groups is 5. The summed E-state index contributed by atoms with van der Waals surface area (Å²) in [7, 11) is 1.49. The second-order valence-corrected chi connectivity index (χ2v) is 16.1. The molecule has 0 unspecified atom stereocenters. The van der Waals surface area contributed by atoms with Crippen molar-refractivity contribution in [3.8, 4) is 0 Å². The number of hydrogen-bond donors (Lipinski definition) is 2. The van der Waals surface area contributed by atoms with Crippen LogP contribution in [-0.4, -0.2) is 69.1 Å². The zero-order valence-corrected chi connectivity index (χ0v) is 30.7. The molecule has 2 N–H and O–H groups in total. The summed E-state index contributed by atoms with van der Waals surface area (Å²) in [6, 6.07) is 36.6. The Morgan fingerprint density at radius 2 is 1.22 bits per heavy atom. The molecule has 1 fully saturated rings. The molecule has 3 atom stereocenters. The van der Waals surface area contributed by atoms with Crippen LogP contribution < -0.4 is 21.2 Å². The van der Waals surface area contributed by atoms with E-state index in [1.807, 2.05) is 36.4 Å². The molecule has 1 saturated heterocycles. The molecule has 0 radical (unpaired) electrons. The smallest absolute Gasteiger partial charge is 0.363 e. The Morgan fingerprint density at radius 3 is 1.65 bits per heavy atom. The minimum Gasteiger partial charge on any atom is -0.393 e. The van der Waals surface area contributed by atoms with Crippen molar-refractivity contribution < 1.29 is 38.7 Å². The van der Waals surface area contributed by atoms with Crippen molar-refractivity contribution in [1.29, 1.82) is 0 Å². The average Bonchev–Trinajstić information content (AvgIpc) is 3.21. The highest BCUT2D eigenvalue weighted by Gasteiger charge is 2.56. The van der Waals surface area contributed by atoms with Gasteiger partial charge in [0, 0.05) is 43.6 Å². The Morgan fingerprint density at radius 1 is 0.764 bits per heavy atom. The van der Waals surface area contributed by atoms with E-state index in [2.05, 4.69) is 5.32 Å². The highest BCUT2D eigenvalue weighted by Crippen LogP contribution is 2.50. The van der Waals surface area contributed by atoms with Crippen molar-refractivity contribution in [3.63, 3.8) is 0 Å². The summed E-state index contributed by atoms with van der Waals surface area (Å²) in [5.41, 5.74) is -0.0425. The molecular weight excluding hydrogens is 721 g/mol. The lowest BCUT2D eigenvalue weighted by molar-refractivity contribution is -0.384. The van der Waals surface area contributed by atoms with E-state index in [1.54, 1.807) is 54.6 Å². The fourth-order valence-electron chi connectivity index (χ4n) is 6.91. The number of benzene rings is 5. The molecule has 5 aromatic rings. The van der Waals surface area contributed by atoms with Crippen LogP contribution >= 0.6 is 6.89 Å². The highest BCUT2D eigenvalue weighted by molar-refractivity contribution is 7.96. The van der Waals surface area contributed by atoms with Crippen LogP contribution in [0.2, 0.25) is 0 Å². The lowest BCUT2D eigenvalue weighted by Crippen LogP contribution is -2.68. The van der Waals surface area contributed by atoms with Crippen LogP contribution in [0.4, 0.5) is 5.69 Å². The van der Waals surface area contributed by atoms with E-state index < -0.39 is 53.5 Å². The van der Waals surface area contributed by atoms with Gasteiger partial charge in [-0.2, -0.15) is 0 Å². The number of rotatable bonds is 12. The van der Waals surface area contributed by atoms with E-state index in [1.165, 1.54) is 43.1 Å². The largest absolute Gasteiger partial charge is 0.393 e. The lowest BCUT2D eigenvalue weighted by Gasteiger charge is -2.50. The standard InChI is InChI=1S/C42H36N3O9P/c1-27(46)37-35(26-36(47)28-18-20-29(21-19-28)38(48)43-2)44(39(37)49)40(42(51)54-41(50)30-22-24-31(25-23-30)45(52)53)55(32-12-6-3-7-13-32,33-14-8-4-9-15-33)34-16-10-5-11-17-34/h3-25,27,35,37,46H,26H2,1-2H3,(H,43,48)/t27-,35-,37-/m1/s1. The van der Waals surface area contributed by atoms with E-state index in [0.29, 0.717) is 21.5 Å². The van der Waals surface area contributed by atoms with Gasteiger partial charge in [-0.05, 0) is 47.1 Å². The summed E-state index contributed by atoms with van der Waals surface area (Å²) in [6.07, 6.45) is -1.55. The van der Waals surface area contributed by atoms with Gasteiger partial charge in [0.15, 0.2) is 5.78 Å². The number of nitrogens with zero attached hydrogens (tertiary/aromatic N) is 2. The number of aliphatic hydroxyl groups is 1. The number of nitro benzene ring substituents is 1. The Hall–Kier alpha value is -6.49. The van der Waals surface area contributed by atoms with Crippen LogP contribution in [0.5, 0.6) is 0 Å². The number of nitro groups is 1. The molecule has 0 saturated carbocycles. The van der Waals surface area contributed by atoms with Crippen molar-refractivity contribution in [2.45, 2.75) is 25.5 Å². The van der Waals surface area contributed by atoms with Crippen LogP contribution in [0, 0.1) is 16.0 Å². The maximum Gasteiger partial charge on any atom is 0.363 e. The van der Waals surface area contributed by atoms with Crippen LogP contribution in [0.1, 0.15) is 44.4 Å². The highest BCUT2D eigenvalue weighted by atomic mass is 31.2. The molecule has 0 aliphatic carbocycles. The van der Waals surface area contributed by atoms with Gasteiger partial charge in [-0.1, -0.05) is 103 Å². The molecule has 0 aromatic heterocycles. The van der Waals surface area contributed by atoms with Gasteiger partial charge in [0.25, 0.3) is 11.6 Å². The Labute approximate surface area is 316 Å². The second-order valence-electron chi connectivity index (χ2n) is 12.8. The van der Waals surface area contributed by atoms with Gasteiger partial charge >= 0.3 is 11.9 Å². The van der Waals surface area contributed by atoms with Crippen LogP contribution in [0.3, 0.4) is 0 Å². The zero-order valence-electron chi connectivity index (χ0n) is 29.8. The SMILES string of the molecule is CNC(=O)c1ccc(C(=O)C[C@@H]2[C@@H]([C@@H](C)O)C(=O)N2C(C(=O)OC(=O)c2ccc([N+](=O)[O-])cc2)=P(c2ccccc2)(c2ccccc2)c2ccccc2)cc1. The summed E-state index contributed by atoms with van der Waals surface area (Å²) < 4.78 is 5.62. The molecule has 0 spiro atoms. The minimum absolute atomic E-state index is 0.148. The molecule has 55 heavy (non-hydrogen) atoms. The summed E-state index contributed by atoms with van der Waals surface area (Å²) in [4.78, 5) is 81.1. The second kappa shape index (κ2) is 16.3. The maximum absolute atomic E-state index is 15.0. The predicted octanol–water partition coefficient (Wildman–Crippen LogP) is 4.24. The Kier molecular flexibility index (Phi) is 11.3. The number of likely N-dealkylation sites (tertiary alicyclic amines) is 1. The number of ether oxygens (including phenoxy) is 1. The Balaban J connectivity index is 1.60. The van der Waals surface area contributed by atoms with Gasteiger partial charge in [0.05, 0.1) is 28.6 Å². The number of amides is 2. The molecule has 278 valence electrons. The molecule has 1 aliphatic heterocycles. The van der Waals surface area contributed by atoms with Crippen molar-refractivity contribution in [2.75, 3.05) is 7.05 Å². The first-order valence-corrected chi connectivity index (χ1v) is 19.1. The number of carbonyl (C=O) groups excluding carboxylic acids is 5. The molecule has 6 rings (SSSR count). The van der Waals surface area contributed by atoms with Crippen molar-refractivity contribution in [1.82, 2.24) is 10.2 Å². The van der Waals surface area contributed by atoms with Gasteiger partial charge < -0.3 is 20.1 Å². The van der Waals surface area contributed by atoms with Crippen LogP contribution in [0.15, 0.2) is 140 Å². The monoisotopic (exact) mass is 757 g/mol. The molecule has 1 heterocycles. The first-order valence-electron chi connectivity index (χ1n) is 17.3. The number of hydrogen-bond acceptors (Lipinski definition) is 9. The normalized spacial score (nSPS) is 15.6. The topological polar surface area (TPSA) is 173 Å². The first kappa shape index (κ1) is 38.2. The number of esters is 2. The van der Waals surface area contributed by atoms with E-state index in [-0.39, 0.29) is 34.6 Å². The van der Waals surface area contributed by atoms with Crippen molar-refractivity contribution in [2.24, 2.45) is 5.92 Å². The fourth-order valence-corrected chi connectivity index (χ4v) is 11.3. The van der Waals surface area contributed by atoms with E-state index in [4.69, 9.17) is 4.74 Å². The zero-order chi connectivity index (χ0) is 39.3. The summed E-state index contributed by atoms with van der Waals surface area (Å²) in [5, 5.41) is 26.6. The first-order chi connectivity index (χ1) is 26.5. The van der Waals surface area contributed by atoms with E-state index in [0.717, 1.165) is 24.3 Å². The summed E-state index contributed by atoms with van der Waals surface area (Å²) >= 11 is 0. The number of nitrogens with one attached hydrogen (secondary N) is 1. The number of Topliss-reactive ketones (excluding diaryl/α,β-unsaturated/α-hetero) is 1.